The molecule has 0 aromatic heterocycles. The Balaban J connectivity index is 2.12. The number of carbonyl (C=O) groups is 1. The number of aliphatic hydroxyl groups excluding tert-OH is 4. The summed E-state index contributed by atoms with van der Waals surface area (Å²) < 4.78 is 23.0. The van der Waals surface area contributed by atoms with Gasteiger partial charge in [-0.2, -0.15) is 0 Å². The highest BCUT2D eigenvalue weighted by Crippen LogP contribution is 2.23. The van der Waals surface area contributed by atoms with E-state index in [1.54, 1.807) is 0 Å². The van der Waals surface area contributed by atoms with Gasteiger partial charge < -0.3 is 39.4 Å². The maximum atomic E-state index is 12.9. The highest BCUT2D eigenvalue weighted by molar-refractivity contribution is 5.69. The molecule has 9 heteroatoms. The molecular formula is C57H110O9. The Morgan fingerprint density at radius 3 is 1.23 bits per heavy atom. The summed E-state index contributed by atoms with van der Waals surface area (Å²) in [5.41, 5.74) is 0. The van der Waals surface area contributed by atoms with Crippen molar-refractivity contribution in [2.24, 2.45) is 0 Å². The molecule has 1 rings (SSSR count). The number of allylic oxidation sites excluding steroid dienone is 2. The van der Waals surface area contributed by atoms with E-state index in [1.807, 2.05) is 0 Å². The molecule has 0 bridgehead atoms. The van der Waals surface area contributed by atoms with E-state index < -0.39 is 43.4 Å². The van der Waals surface area contributed by atoms with Crippen LogP contribution in [0.4, 0.5) is 0 Å². The van der Waals surface area contributed by atoms with E-state index in [1.165, 1.54) is 231 Å². The number of hydrogen-bond acceptors (Lipinski definition) is 9. The first-order valence-electron chi connectivity index (χ1n) is 28.8. The second-order valence-corrected chi connectivity index (χ2v) is 20.1. The van der Waals surface area contributed by atoms with Crippen molar-refractivity contribution >= 4 is 5.97 Å². The topological polar surface area (TPSA) is 135 Å². The lowest BCUT2D eigenvalue weighted by molar-refractivity contribution is -0.305. The van der Waals surface area contributed by atoms with Gasteiger partial charge in [0, 0.05) is 13.0 Å². The van der Waals surface area contributed by atoms with E-state index in [9.17, 15) is 25.2 Å². The normalized spacial score (nSPS) is 19.3. The molecular weight excluding hydrogens is 829 g/mol. The summed E-state index contributed by atoms with van der Waals surface area (Å²) in [6, 6.07) is 0. The van der Waals surface area contributed by atoms with Gasteiger partial charge in [-0.25, -0.2) is 0 Å². The van der Waals surface area contributed by atoms with Crippen LogP contribution in [0.3, 0.4) is 0 Å². The first-order chi connectivity index (χ1) is 32.4. The molecule has 0 amide bonds. The van der Waals surface area contributed by atoms with E-state index in [0.717, 1.165) is 32.1 Å². The van der Waals surface area contributed by atoms with Gasteiger partial charge in [-0.05, 0) is 38.5 Å². The summed E-state index contributed by atoms with van der Waals surface area (Å²) in [5, 5.41) is 40.3. The van der Waals surface area contributed by atoms with Gasteiger partial charge in [0.2, 0.25) is 0 Å². The molecule has 0 aromatic rings. The number of ether oxygens (including phenoxy) is 4. The summed E-state index contributed by atoms with van der Waals surface area (Å²) >= 11 is 0. The average Bonchev–Trinajstić information content (AvgIpc) is 3.32. The van der Waals surface area contributed by atoms with Crippen LogP contribution in [0.15, 0.2) is 12.2 Å². The van der Waals surface area contributed by atoms with Crippen molar-refractivity contribution in [1.29, 1.82) is 0 Å². The molecule has 6 unspecified atom stereocenters. The van der Waals surface area contributed by atoms with Crippen molar-refractivity contribution in [2.75, 3.05) is 26.4 Å². The van der Waals surface area contributed by atoms with Gasteiger partial charge in [0.1, 0.15) is 30.5 Å². The zero-order chi connectivity index (χ0) is 47.8. The van der Waals surface area contributed by atoms with Gasteiger partial charge in [0.25, 0.3) is 0 Å². The molecule has 1 aliphatic heterocycles. The quantitative estimate of drug-likeness (QED) is 0.0267. The average molecular weight is 939 g/mol. The second kappa shape index (κ2) is 48.9. The minimum atomic E-state index is -1.53. The van der Waals surface area contributed by atoms with Crippen LogP contribution in [-0.2, 0) is 23.7 Å². The molecule has 1 aliphatic rings. The van der Waals surface area contributed by atoms with Crippen molar-refractivity contribution in [3.63, 3.8) is 0 Å². The lowest BCUT2D eigenvalue weighted by Gasteiger charge is -2.39. The third-order valence-electron chi connectivity index (χ3n) is 13.7. The highest BCUT2D eigenvalue weighted by Gasteiger charge is 2.44. The SMILES string of the molecule is CCCCCCCCCC/C=C\CCCCCCCCCCCCCCCCOCC(COC1OC(CO)C(O)C(O)C1O)OC(=O)CCCCCCCCCCCCCCCCCCC. The summed E-state index contributed by atoms with van der Waals surface area (Å²) in [4.78, 5) is 12.9. The number of unbranched alkanes of at least 4 members (excludes halogenated alkanes) is 38. The monoisotopic (exact) mass is 939 g/mol. The van der Waals surface area contributed by atoms with E-state index >= 15 is 0 Å². The summed E-state index contributed by atoms with van der Waals surface area (Å²) in [7, 11) is 0. The second-order valence-electron chi connectivity index (χ2n) is 20.1. The number of aliphatic hydroxyl groups is 4. The number of carbonyl (C=O) groups excluding carboxylic acids is 1. The predicted molar refractivity (Wildman–Crippen MR) is 275 cm³/mol. The molecule has 0 saturated carbocycles. The van der Waals surface area contributed by atoms with Crippen LogP contribution in [0, 0.1) is 0 Å². The molecule has 1 saturated heterocycles. The van der Waals surface area contributed by atoms with Crippen LogP contribution < -0.4 is 0 Å². The first-order valence-corrected chi connectivity index (χ1v) is 28.8. The van der Waals surface area contributed by atoms with E-state index in [2.05, 4.69) is 26.0 Å². The molecule has 6 atom stereocenters. The molecule has 66 heavy (non-hydrogen) atoms. The van der Waals surface area contributed by atoms with Crippen molar-refractivity contribution in [3.05, 3.63) is 12.2 Å². The van der Waals surface area contributed by atoms with Crippen LogP contribution in [-0.4, -0.2) is 89.6 Å². The highest BCUT2D eigenvalue weighted by atomic mass is 16.7. The van der Waals surface area contributed by atoms with Gasteiger partial charge in [0.15, 0.2) is 6.29 Å². The van der Waals surface area contributed by atoms with Gasteiger partial charge in [0.05, 0.1) is 19.8 Å². The maximum absolute atomic E-state index is 12.9. The third kappa shape index (κ3) is 38.7. The van der Waals surface area contributed by atoms with Gasteiger partial charge in [-0.1, -0.05) is 251 Å². The van der Waals surface area contributed by atoms with Crippen LogP contribution >= 0.6 is 0 Å². The fraction of sp³-hybridized carbons (Fsp3) is 0.947. The van der Waals surface area contributed by atoms with Crippen LogP contribution in [0.25, 0.3) is 0 Å². The molecule has 1 heterocycles. The number of esters is 1. The van der Waals surface area contributed by atoms with Crippen molar-refractivity contribution in [1.82, 2.24) is 0 Å². The Morgan fingerprint density at radius 1 is 0.470 bits per heavy atom. The number of rotatable bonds is 51. The number of hydrogen-bond donors (Lipinski definition) is 4. The minimum Gasteiger partial charge on any atom is -0.457 e. The van der Waals surface area contributed by atoms with Crippen LogP contribution in [0.5, 0.6) is 0 Å². The fourth-order valence-corrected chi connectivity index (χ4v) is 9.20. The largest absolute Gasteiger partial charge is 0.457 e. The van der Waals surface area contributed by atoms with Crippen LogP contribution in [0.2, 0.25) is 0 Å². The summed E-state index contributed by atoms with van der Waals surface area (Å²) in [6.45, 7) is 4.63. The van der Waals surface area contributed by atoms with Crippen molar-refractivity contribution in [3.8, 4) is 0 Å². The van der Waals surface area contributed by atoms with Gasteiger partial charge in [-0.3, -0.25) is 4.79 Å². The molecule has 0 spiro atoms. The molecule has 392 valence electrons. The lowest BCUT2D eigenvalue weighted by atomic mass is 9.99. The van der Waals surface area contributed by atoms with Gasteiger partial charge in [-0.15, -0.1) is 0 Å². The zero-order valence-electron chi connectivity index (χ0n) is 43.5. The van der Waals surface area contributed by atoms with Gasteiger partial charge >= 0.3 is 5.97 Å². The first kappa shape index (κ1) is 62.9. The lowest BCUT2D eigenvalue weighted by Crippen LogP contribution is -2.59. The predicted octanol–water partition coefficient (Wildman–Crippen LogP) is 14.7. The Kier molecular flexibility index (Phi) is 46.7. The van der Waals surface area contributed by atoms with E-state index in [0.29, 0.717) is 13.0 Å². The smallest absolute Gasteiger partial charge is 0.306 e. The van der Waals surface area contributed by atoms with Crippen molar-refractivity contribution in [2.45, 2.75) is 320 Å². The molecule has 9 nitrogen and oxygen atoms in total. The van der Waals surface area contributed by atoms with E-state index in [-0.39, 0.29) is 19.2 Å². The Hall–Kier alpha value is -1.07. The Morgan fingerprint density at radius 2 is 0.833 bits per heavy atom. The van der Waals surface area contributed by atoms with Crippen molar-refractivity contribution < 1.29 is 44.2 Å². The van der Waals surface area contributed by atoms with Crippen LogP contribution in [0.1, 0.15) is 284 Å². The zero-order valence-corrected chi connectivity index (χ0v) is 43.5. The minimum absolute atomic E-state index is 0.106. The molecule has 0 radical (unpaired) electrons. The molecule has 0 aromatic carbocycles. The summed E-state index contributed by atoms with van der Waals surface area (Å²) in [5.74, 6) is -0.306. The third-order valence-corrected chi connectivity index (χ3v) is 13.7. The van der Waals surface area contributed by atoms with E-state index in [4.69, 9.17) is 18.9 Å². The maximum Gasteiger partial charge on any atom is 0.306 e. The molecule has 4 N–H and O–H groups in total. The Labute approximate surface area is 407 Å². The summed E-state index contributed by atoms with van der Waals surface area (Å²) in [6.07, 6.45) is 51.2. The molecule has 1 fully saturated rings. The molecule has 0 aliphatic carbocycles. The fourth-order valence-electron chi connectivity index (χ4n) is 9.20. The Bertz CT molecular complexity index is 1020. The standard InChI is InChI=1S/C57H110O9/c1-3-5-7-9-11-13-15-17-19-21-22-23-24-25-26-27-28-29-31-33-35-37-39-41-43-45-47-63-49-51(50-64-57-56(62)55(61)54(60)52(48-58)66-57)65-53(59)46-44-42-40-38-36-34-32-30-20-18-16-14-12-10-8-6-4-2/h21-22,51-52,54-58,60-62H,3-20,23-50H2,1-2H3/b22-21-.